The summed E-state index contributed by atoms with van der Waals surface area (Å²) in [7, 11) is 0. The fraction of sp³-hybridized carbons (Fsp3) is 1.00. The van der Waals surface area contributed by atoms with E-state index in [0.717, 1.165) is 0 Å². The Labute approximate surface area is 69.6 Å². The molecule has 0 aromatic heterocycles. The second kappa shape index (κ2) is 3.64. The van der Waals surface area contributed by atoms with E-state index in [9.17, 15) is 13.2 Å². The average molecular weight is 182 g/mol. The summed E-state index contributed by atoms with van der Waals surface area (Å²) in [5.41, 5.74) is 0. The minimum Gasteiger partial charge on any atom is -0.396 e. The largest absolute Gasteiger partial charge is 0.396 e. The minimum absolute atomic E-state index is 0.0323. The molecule has 1 nitrogen and oxygen atoms in total. The van der Waals surface area contributed by atoms with Gasteiger partial charge in [-0.1, -0.05) is 0 Å². The molecule has 0 unspecified atom stereocenters. The van der Waals surface area contributed by atoms with Gasteiger partial charge >= 0.3 is 6.18 Å². The molecule has 0 spiro atoms. The minimum atomic E-state index is -4.03. The van der Waals surface area contributed by atoms with Crippen LogP contribution in [0.15, 0.2) is 0 Å². The van der Waals surface area contributed by atoms with Gasteiger partial charge in [-0.25, -0.2) is 0 Å². The van der Waals surface area contributed by atoms with Crippen LogP contribution >= 0.6 is 0 Å². The van der Waals surface area contributed by atoms with Crippen LogP contribution in [0.3, 0.4) is 0 Å². The van der Waals surface area contributed by atoms with E-state index in [-0.39, 0.29) is 25.4 Å². The van der Waals surface area contributed by atoms with Crippen LogP contribution < -0.4 is 0 Å². The zero-order valence-corrected chi connectivity index (χ0v) is 6.77. The Morgan fingerprint density at radius 1 is 1.08 bits per heavy atom. The quantitative estimate of drug-likeness (QED) is 0.660. The summed E-state index contributed by atoms with van der Waals surface area (Å²) < 4.78 is 36.3. The Hall–Kier alpha value is -0.250. The number of halogens is 3. The third-order valence-corrected chi connectivity index (χ3v) is 2.57. The van der Waals surface area contributed by atoms with Gasteiger partial charge in [0.25, 0.3) is 0 Å². The first-order valence-corrected chi connectivity index (χ1v) is 4.21. The van der Waals surface area contributed by atoms with Crippen molar-refractivity contribution in [1.29, 1.82) is 0 Å². The molecular formula is C8H13F3O. The van der Waals surface area contributed by atoms with Crippen molar-refractivity contribution >= 4 is 0 Å². The summed E-state index contributed by atoms with van der Waals surface area (Å²) in [6.07, 6.45) is -2.62. The maximum Gasteiger partial charge on any atom is 0.391 e. The summed E-state index contributed by atoms with van der Waals surface area (Å²) in [4.78, 5) is 0. The fourth-order valence-electron chi connectivity index (χ4n) is 1.67. The Bertz CT molecular complexity index is 136. The summed E-state index contributed by atoms with van der Waals surface area (Å²) in [6.45, 7) is 0.0323. The lowest BCUT2D eigenvalue weighted by molar-refractivity contribution is -0.184. The van der Waals surface area contributed by atoms with Gasteiger partial charge in [0, 0.05) is 6.61 Å². The number of hydrogen-bond donors (Lipinski definition) is 1. The van der Waals surface area contributed by atoms with E-state index < -0.39 is 12.1 Å². The molecule has 0 radical (unpaired) electrons. The van der Waals surface area contributed by atoms with Gasteiger partial charge in [0.1, 0.15) is 0 Å². The summed E-state index contributed by atoms with van der Waals surface area (Å²) >= 11 is 0. The molecule has 0 bridgehead atoms. The highest BCUT2D eigenvalue weighted by Gasteiger charge is 2.41. The van der Waals surface area contributed by atoms with Crippen molar-refractivity contribution in [2.75, 3.05) is 6.61 Å². The fourth-order valence-corrected chi connectivity index (χ4v) is 1.67. The average Bonchev–Trinajstić information content (AvgIpc) is 2.03. The van der Waals surface area contributed by atoms with Crippen LogP contribution in [-0.4, -0.2) is 17.9 Å². The van der Waals surface area contributed by atoms with Gasteiger partial charge in [-0.15, -0.1) is 0 Å². The van der Waals surface area contributed by atoms with Gasteiger partial charge in [0.05, 0.1) is 5.92 Å². The number of aliphatic hydroxyl groups excluding tert-OH is 1. The van der Waals surface area contributed by atoms with Crippen LogP contribution in [0.4, 0.5) is 13.2 Å². The number of hydrogen-bond acceptors (Lipinski definition) is 1. The molecule has 1 fully saturated rings. The van der Waals surface area contributed by atoms with Crippen molar-refractivity contribution in [3.8, 4) is 0 Å². The molecule has 4 heteroatoms. The molecule has 1 aliphatic carbocycles. The van der Waals surface area contributed by atoms with Crippen LogP contribution in [0.25, 0.3) is 0 Å². The first kappa shape index (κ1) is 9.84. The van der Waals surface area contributed by atoms with Crippen molar-refractivity contribution in [3.63, 3.8) is 0 Å². The van der Waals surface area contributed by atoms with Crippen LogP contribution in [0, 0.1) is 11.8 Å². The summed E-state index contributed by atoms with van der Waals surface area (Å²) in [6, 6.07) is 0. The second-order valence-electron chi connectivity index (χ2n) is 3.44. The van der Waals surface area contributed by atoms with E-state index in [1.165, 1.54) is 0 Å². The predicted molar refractivity (Wildman–Crippen MR) is 38.6 cm³/mol. The highest BCUT2D eigenvalue weighted by atomic mass is 19.4. The molecule has 0 atom stereocenters. The number of aliphatic hydroxyl groups is 1. The molecule has 0 aromatic rings. The summed E-state index contributed by atoms with van der Waals surface area (Å²) in [5, 5.41) is 8.70. The zero-order chi connectivity index (χ0) is 9.19. The van der Waals surface area contributed by atoms with E-state index in [2.05, 4.69) is 0 Å². The predicted octanol–water partition coefficient (Wildman–Crippen LogP) is 2.35. The molecule has 0 aromatic carbocycles. The van der Waals surface area contributed by atoms with E-state index in [0.29, 0.717) is 12.8 Å². The van der Waals surface area contributed by atoms with E-state index in [4.69, 9.17) is 5.11 Å². The standard InChI is InChI=1S/C8H13F3O/c9-8(10,11)7-3-1-6(5-12)2-4-7/h6-7,12H,1-5H2/t6-,7+. The second-order valence-corrected chi connectivity index (χ2v) is 3.44. The van der Waals surface area contributed by atoms with E-state index in [1.807, 2.05) is 0 Å². The van der Waals surface area contributed by atoms with Crippen molar-refractivity contribution in [3.05, 3.63) is 0 Å². The van der Waals surface area contributed by atoms with Gasteiger partial charge in [-0.05, 0) is 31.6 Å². The van der Waals surface area contributed by atoms with Crippen LogP contribution in [0.1, 0.15) is 25.7 Å². The first-order chi connectivity index (χ1) is 5.54. The molecule has 0 saturated heterocycles. The Morgan fingerprint density at radius 3 is 1.92 bits per heavy atom. The highest BCUT2D eigenvalue weighted by molar-refractivity contribution is 4.76. The van der Waals surface area contributed by atoms with Crippen LogP contribution in [-0.2, 0) is 0 Å². The number of alkyl halides is 3. The normalized spacial score (nSPS) is 32.0. The van der Waals surface area contributed by atoms with Crippen molar-refractivity contribution in [2.24, 2.45) is 11.8 Å². The van der Waals surface area contributed by atoms with E-state index >= 15 is 0 Å². The van der Waals surface area contributed by atoms with Gasteiger partial charge in [0.2, 0.25) is 0 Å². The Balaban J connectivity index is 2.36. The van der Waals surface area contributed by atoms with Gasteiger partial charge in [0.15, 0.2) is 0 Å². The lowest BCUT2D eigenvalue weighted by atomic mass is 9.82. The molecule has 1 saturated carbocycles. The topological polar surface area (TPSA) is 20.2 Å². The van der Waals surface area contributed by atoms with E-state index in [1.54, 1.807) is 0 Å². The maximum atomic E-state index is 12.1. The molecule has 72 valence electrons. The van der Waals surface area contributed by atoms with Gasteiger partial charge in [-0.3, -0.25) is 0 Å². The lowest BCUT2D eigenvalue weighted by Crippen LogP contribution is -2.28. The third-order valence-electron chi connectivity index (χ3n) is 2.57. The van der Waals surface area contributed by atoms with Crippen LogP contribution in [0.2, 0.25) is 0 Å². The zero-order valence-electron chi connectivity index (χ0n) is 6.77. The Kier molecular flexibility index (Phi) is 2.99. The Morgan fingerprint density at radius 2 is 1.58 bits per heavy atom. The van der Waals surface area contributed by atoms with Crippen molar-refractivity contribution in [2.45, 2.75) is 31.9 Å². The van der Waals surface area contributed by atoms with Crippen LogP contribution in [0.5, 0.6) is 0 Å². The molecule has 0 amide bonds. The number of rotatable bonds is 1. The monoisotopic (exact) mass is 182 g/mol. The first-order valence-electron chi connectivity index (χ1n) is 4.21. The molecule has 1 N–H and O–H groups in total. The summed E-state index contributed by atoms with van der Waals surface area (Å²) in [5.74, 6) is -1.02. The highest BCUT2D eigenvalue weighted by Crippen LogP contribution is 2.39. The molecule has 0 heterocycles. The molecular weight excluding hydrogens is 169 g/mol. The SMILES string of the molecule is OC[C@H]1CC[C@@H](C(F)(F)F)CC1. The molecule has 0 aliphatic heterocycles. The molecule has 1 aliphatic rings. The molecule has 12 heavy (non-hydrogen) atoms. The smallest absolute Gasteiger partial charge is 0.391 e. The van der Waals surface area contributed by atoms with Crippen molar-refractivity contribution < 1.29 is 18.3 Å². The van der Waals surface area contributed by atoms with Crippen molar-refractivity contribution in [1.82, 2.24) is 0 Å². The third kappa shape index (κ3) is 2.37. The maximum absolute atomic E-state index is 12.1. The van der Waals surface area contributed by atoms with Gasteiger partial charge in [-0.2, -0.15) is 13.2 Å². The van der Waals surface area contributed by atoms with Gasteiger partial charge < -0.3 is 5.11 Å². The lowest BCUT2D eigenvalue weighted by Gasteiger charge is -2.28. The molecule has 1 rings (SSSR count).